The first-order valence-corrected chi connectivity index (χ1v) is 8.29. The number of carbonyl (C=O) groups is 1. The maximum absolute atomic E-state index is 12.3. The van der Waals surface area contributed by atoms with E-state index in [4.69, 9.17) is 16.3 Å². The normalized spacial score (nSPS) is 11.3. The summed E-state index contributed by atoms with van der Waals surface area (Å²) in [7, 11) is 0. The first-order chi connectivity index (χ1) is 11.5. The van der Waals surface area contributed by atoms with Gasteiger partial charge in [-0.05, 0) is 26.0 Å². The van der Waals surface area contributed by atoms with Crippen molar-refractivity contribution in [2.24, 2.45) is 0 Å². The molecule has 1 amide bonds. The van der Waals surface area contributed by atoms with Gasteiger partial charge >= 0.3 is 0 Å². The van der Waals surface area contributed by atoms with Gasteiger partial charge in [-0.2, -0.15) is 0 Å². The maximum atomic E-state index is 12.3. The number of carbonyl (C=O) groups excluding carboxylic acids is 1. The van der Waals surface area contributed by atoms with E-state index in [9.17, 15) is 4.79 Å². The van der Waals surface area contributed by atoms with Crippen LogP contribution in [0.15, 0.2) is 42.0 Å². The van der Waals surface area contributed by atoms with Crippen LogP contribution in [0, 0.1) is 0 Å². The Morgan fingerprint density at radius 1 is 1.33 bits per heavy atom. The summed E-state index contributed by atoms with van der Waals surface area (Å²) in [6.45, 7) is 3.25. The topological polar surface area (TPSA) is 81.9 Å². The predicted molar refractivity (Wildman–Crippen MR) is 91.8 cm³/mol. The number of aromatic nitrogens is 4. The van der Waals surface area contributed by atoms with E-state index >= 15 is 0 Å². The number of benzene rings is 1. The molecule has 2 heterocycles. The van der Waals surface area contributed by atoms with E-state index in [0.717, 1.165) is 5.69 Å². The molecule has 2 aromatic heterocycles. The molecule has 0 atom stereocenters. The van der Waals surface area contributed by atoms with Crippen LogP contribution in [0.5, 0.6) is 5.88 Å². The number of nitrogens with zero attached hydrogens (tertiary/aromatic N) is 4. The summed E-state index contributed by atoms with van der Waals surface area (Å²) < 4.78 is 7.32. The fraction of sp³-hybridized carbons (Fsp3) is 0.200. The van der Waals surface area contributed by atoms with Crippen molar-refractivity contribution in [1.82, 2.24) is 20.0 Å². The number of rotatable bonds is 5. The quantitative estimate of drug-likeness (QED) is 0.752. The van der Waals surface area contributed by atoms with Crippen LogP contribution >= 0.6 is 22.9 Å². The van der Waals surface area contributed by atoms with Crippen LogP contribution in [0.25, 0.3) is 5.69 Å². The molecule has 0 bridgehead atoms. The lowest BCUT2D eigenvalue weighted by molar-refractivity contribution is -0.128. The Morgan fingerprint density at radius 2 is 2.08 bits per heavy atom. The summed E-state index contributed by atoms with van der Waals surface area (Å²) in [6.07, 6.45) is 1.63. The van der Waals surface area contributed by atoms with Crippen molar-refractivity contribution >= 4 is 34.0 Å². The summed E-state index contributed by atoms with van der Waals surface area (Å²) in [4.78, 5) is 12.3. The van der Waals surface area contributed by atoms with E-state index in [-0.39, 0.29) is 11.8 Å². The largest absolute Gasteiger partial charge is 0.459 e. The highest BCUT2D eigenvalue weighted by molar-refractivity contribution is 7.13. The van der Waals surface area contributed by atoms with Gasteiger partial charge in [0.15, 0.2) is 5.60 Å². The van der Waals surface area contributed by atoms with Crippen molar-refractivity contribution in [3.05, 3.63) is 47.1 Å². The van der Waals surface area contributed by atoms with Gasteiger partial charge in [0.25, 0.3) is 11.8 Å². The van der Waals surface area contributed by atoms with Crippen LogP contribution in [0.4, 0.5) is 5.13 Å². The first-order valence-electron chi connectivity index (χ1n) is 7.03. The highest BCUT2D eigenvalue weighted by Gasteiger charge is 2.32. The van der Waals surface area contributed by atoms with Crippen molar-refractivity contribution in [3.8, 4) is 11.6 Å². The molecular weight excluding hydrogens is 350 g/mol. The summed E-state index contributed by atoms with van der Waals surface area (Å²) in [5.74, 6) is -0.192. The molecule has 0 fully saturated rings. The Kier molecular flexibility index (Phi) is 4.50. The second kappa shape index (κ2) is 6.58. The second-order valence-corrected chi connectivity index (χ2v) is 6.61. The van der Waals surface area contributed by atoms with Gasteiger partial charge in [0.05, 0.1) is 11.9 Å². The van der Waals surface area contributed by atoms with Crippen LogP contribution in [-0.4, -0.2) is 31.5 Å². The number of hydrogen-bond acceptors (Lipinski definition) is 6. The number of ether oxygens (including phenoxy) is 1. The number of halogens is 1. The van der Waals surface area contributed by atoms with Crippen molar-refractivity contribution < 1.29 is 9.53 Å². The van der Waals surface area contributed by atoms with Gasteiger partial charge in [-0.1, -0.05) is 41.1 Å². The Labute approximate surface area is 147 Å². The summed E-state index contributed by atoms with van der Waals surface area (Å²) in [6, 6.07) is 9.48. The van der Waals surface area contributed by atoms with E-state index in [1.54, 1.807) is 24.7 Å². The SMILES string of the molecule is CC(C)(Oc1nn(-c2ccccc2)cc1Cl)C(=O)Nc1nncs1. The Bertz CT molecular complexity index is 833. The van der Waals surface area contributed by atoms with Crippen LogP contribution in [0.1, 0.15) is 13.8 Å². The minimum absolute atomic E-state index is 0.179. The monoisotopic (exact) mass is 363 g/mol. The average molecular weight is 364 g/mol. The lowest BCUT2D eigenvalue weighted by Gasteiger charge is -2.23. The maximum Gasteiger partial charge on any atom is 0.269 e. The predicted octanol–water partition coefficient (Wildman–Crippen LogP) is 3.17. The molecule has 0 unspecified atom stereocenters. The van der Waals surface area contributed by atoms with E-state index in [1.165, 1.54) is 16.8 Å². The second-order valence-electron chi connectivity index (χ2n) is 5.37. The number of hydrogen-bond donors (Lipinski definition) is 1. The van der Waals surface area contributed by atoms with Crippen molar-refractivity contribution in [2.45, 2.75) is 19.4 Å². The van der Waals surface area contributed by atoms with Crippen LogP contribution in [0.2, 0.25) is 5.02 Å². The number of amides is 1. The zero-order valence-corrected chi connectivity index (χ0v) is 14.5. The van der Waals surface area contributed by atoms with Gasteiger partial charge in [0.1, 0.15) is 10.5 Å². The van der Waals surface area contributed by atoms with Gasteiger partial charge in [0.2, 0.25) is 5.13 Å². The van der Waals surface area contributed by atoms with E-state index in [2.05, 4.69) is 20.6 Å². The fourth-order valence-corrected chi connectivity index (χ4v) is 2.49. The standard InChI is InChI=1S/C15H14ClN5O2S/c1-15(2,13(22)18-14-19-17-9-24-14)23-12-11(16)8-21(20-12)10-6-4-3-5-7-10/h3-9H,1-2H3,(H,18,19,22). The van der Waals surface area contributed by atoms with Crippen molar-refractivity contribution in [2.75, 3.05) is 5.32 Å². The molecule has 0 spiro atoms. The molecule has 0 saturated heterocycles. The Morgan fingerprint density at radius 3 is 2.75 bits per heavy atom. The molecule has 0 saturated carbocycles. The van der Waals surface area contributed by atoms with Crippen molar-refractivity contribution in [3.63, 3.8) is 0 Å². The summed E-state index contributed by atoms with van der Waals surface area (Å²) >= 11 is 7.41. The van der Waals surface area contributed by atoms with Crippen LogP contribution in [0.3, 0.4) is 0 Å². The third-order valence-corrected chi connectivity index (χ3v) is 4.00. The van der Waals surface area contributed by atoms with Gasteiger partial charge in [-0.3, -0.25) is 10.1 Å². The van der Waals surface area contributed by atoms with E-state index in [0.29, 0.717) is 10.2 Å². The molecule has 0 aliphatic rings. The molecule has 0 radical (unpaired) electrons. The summed E-state index contributed by atoms with van der Waals surface area (Å²) in [5, 5.41) is 15.1. The zero-order valence-electron chi connectivity index (χ0n) is 12.9. The lowest BCUT2D eigenvalue weighted by Crippen LogP contribution is -2.42. The van der Waals surface area contributed by atoms with Gasteiger partial charge in [-0.15, -0.1) is 15.3 Å². The van der Waals surface area contributed by atoms with E-state index < -0.39 is 5.60 Å². The minimum atomic E-state index is -1.19. The van der Waals surface area contributed by atoms with Gasteiger partial charge in [-0.25, -0.2) is 4.68 Å². The highest BCUT2D eigenvalue weighted by atomic mass is 35.5. The Balaban J connectivity index is 1.77. The molecule has 24 heavy (non-hydrogen) atoms. The minimum Gasteiger partial charge on any atom is -0.459 e. The highest BCUT2D eigenvalue weighted by Crippen LogP contribution is 2.28. The first kappa shape index (κ1) is 16.4. The van der Waals surface area contributed by atoms with Crippen LogP contribution in [-0.2, 0) is 4.79 Å². The number of para-hydroxylation sites is 1. The molecule has 9 heteroatoms. The lowest BCUT2D eigenvalue weighted by atomic mass is 10.1. The van der Waals surface area contributed by atoms with Crippen LogP contribution < -0.4 is 10.1 Å². The number of anilines is 1. The third kappa shape index (κ3) is 3.55. The molecule has 1 N–H and O–H groups in total. The molecule has 3 rings (SSSR count). The Hall–Kier alpha value is -2.45. The molecular formula is C15H14ClN5O2S. The summed E-state index contributed by atoms with van der Waals surface area (Å²) in [5.41, 5.74) is 1.18. The molecule has 3 aromatic rings. The molecule has 1 aromatic carbocycles. The smallest absolute Gasteiger partial charge is 0.269 e. The molecule has 0 aliphatic carbocycles. The molecule has 0 aliphatic heterocycles. The molecule has 7 nitrogen and oxygen atoms in total. The molecule has 124 valence electrons. The van der Waals surface area contributed by atoms with Crippen molar-refractivity contribution in [1.29, 1.82) is 0 Å². The van der Waals surface area contributed by atoms with E-state index in [1.807, 2.05) is 30.3 Å². The van der Waals surface area contributed by atoms with Gasteiger partial charge < -0.3 is 4.74 Å². The number of nitrogens with one attached hydrogen (secondary N) is 1. The third-order valence-electron chi connectivity index (χ3n) is 3.14. The fourth-order valence-electron chi connectivity index (χ4n) is 1.88. The zero-order chi connectivity index (χ0) is 17.2. The van der Waals surface area contributed by atoms with Gasteiger partial charge in [0, 0.05) is 0 Å². The average Bonchev–Trinajstić information content (AvgIpc) is 3.18.